The Morgan fingerprint density at radius 3 is 2.83 bits per heavy atom. The predicted octanol–water partition coefficient (Wildman–Crippen LogP) is 2.10. The first-order valence-electron chi connectivity index (χ1n) is 10.2. The summed E-state index contributed by atoms with van der Waals surface area (Å²) in [5.74, 6) is 2.60. The zero-order valence-electron chi connectivity index (χ0n) is 17.5. The average molecular weight is 397 g/mol. The zero-order chi connectivity index (χ0) is 20.6. The second kappa shape index (κ2) is 10.2. The summed E-state index contributed by atoms with van der Waals surface area (Å²) < 4.78 is 5.26. The van der Waals surface area contributed by atoms with Crippen LogP contribution in [-0.2, 0) is 11.3 Å². The number of methoxy groups -OCH3 is 1. The summed E-state index contributed by atoms with van der Waals surface area (Å²) in [6.45, 7) is 6.44. The Morgan fingerprint density at radius 1 is 1.34 bits per heavy atom. The van der Waals surface area contributed by atoms with Crippen LogP contribution in [-0.4, -0.2) is 44.4 Å². The van der Waals surface area contributed by atoms with Gasteiger partial charge in [0.15, 0.2) is 0 Å². The molecule has 1 saturated heterocycles. The van der Waals surface area contributed by atoms with Crippen LogP contribution in [0.3, 0.4) is 0 Å². The van der Waals surface area contributed by atoms with Gasteiger partial charge in [-0.05, 0) is 17.9 Å². The largest absolute Gasteiger partial charge is 0.383 e. The molecule has 0 saturated carbocycles. The minimum Gasteiger partial charge on any atom is -0.383 e. The van der Waals surface area contributed by atoms with E-state index in [-0.39, 0.29) is 5.92 Å². The number of ether oxygens (including phenoxy) is 1. The summed E-state index contributed by atoms with van der Waals surface area (Å²) in [7, 11) is 1.73. The molecule has 0 unspecified atom stereocenters. The number of nitrogens with one attached hydrogen (secondary N) is 5. The highest BCUT2D eigenvalue weighted by atomic mass is 16.5. The molecule has 0 bridgehead atoms. The van der Waals surface area contributed by atoms with E-state index in [1.165, 1.54) is 11.8 Å². The summed E-state index contributed by atoms with van der Waals surface area (Å²) >= 11 is 0. The third-order valence-electron chi connectivity index (χ3n) is 5.08. The minimum absolute atomic E-state index is 0.202. The van der Waals surface area contributed by atoms with Crippen molar-refractivity contribution in [3.63, 3.8) is 0 Å². The first-order chi connectivity index (χ1) is 14.1. The summed E-state index contributed by atoms with van der Waals surface area (Å²) in [5, 5.41) is 21.6. The fraction of sp³-hybridized carbons (Fsp3) is 0.455. The van der Waals surface area contributed by atoms with Gasteiger partial charge < -0.3 is 31.4 Å². The topological polar surface area (TPSA) is 93.6 Å². The van der Waals surface area contributed by atoms with Gasteiger partial charge in [0.05, 0.1) is 6.61 Å². The number of hydrogen-bond acceptors (Lipinski definition) is 7. The zero-order valence-corrected chi connectivity index (χ0v) is 17.5. The molecular formula is C22H32N6O. The van der Waals surface area contributed by atoms with Gasteiger partial charge in [-0.3, -0.25) is 0 Å². The number of benzene rings is 1. The fourth-order valence-corrected chi connectivity index (χ4v) is 3.55. The lowest BCUT2D eigenvalue weighted by atomic mass is 10.0. The van der Waals surface area contributed by atoms with E-state index in [1.807, 2.05) is 24.3 Å². The van der Waals surface area contributed by atoms with E-state index in [1.54, 1.807) is 7.11 Å². The highest BCUT2D eigenvalue weighted by Gasteiger charge is 2.25. The molecule has 2 aliphatic rings. The molecule has 7 nitrogen and oxygen atoms in total. The Morgan fingerprint density at radius 2 is 2.14 bits per heavy atom. The quantitative estimate of drug-likeness (QED) is 0.434. The molecule has 2 aliphatic heterocycles. The van der Waals surface area contributed by atoms with Gasteiger partial charge in [-0.25, -0.2) is 4.99 Å². The van der Waals surface area contributed by atoms with Gasteiger partial charge in [0, 0.05) is 50.1 Å². The number of amidine groups is 1. The molecule has 5 N–H and O–H groups in total. The summed E-state index contributed by atoms with van der Waals surface area (Å²) in [4.78, 5) is 4.76. The maximum Gasteiger partial charge on any atom is 0.138 e. The van der Waals surface area contributed by atoms with E-state index < -0.39 is 0 Å². The first-order valence-corrected chi connectivity index (χ1v) is 10.2. The van der Waals surface area contributed by atoms with Crippen LogP contribution in [0.5, 0.6) is 0 Å². The monoisotopic (exact) mass is 396 g/mol. The predicted molar refractivity (Wildman–Crippen MR) is 118 cm³/mol. The van der Waals surface area contributed by atoms with Crippen LogP contribution >= 0.6 is 0 Å². The highest BCUT2D eigenvalue weighted by molar-refractivity contribution is 5.96. The highest BCUT2D eigenvalue weighted by Crippen LogP contribution is 2.17. The standard InChI is InChI=1S/C22H32N6O/c1-15(2)19(11-23)22-27-20(25-12-16-7-5-4-6-8-16)10-21(28-22)26-17-9-18(14-29-3)24-13-17/h4-8,10-11,15,17-18,23-25,27H,9,12-14H2,1-3H3,(H,26,28)/b22-19-,23-11?/t17-,18-/m1/s1. The molecule has 1 fully saturated rings. The van der Waals surface area contributed by atoms with Crippen molar-refractivity contribution >= 4 is 12.1 Å². The minimum atomic E-state index is 0.202. The smallest absolute Gasteiger partial charge is 0.138 e. The van der Waals surface area contributed by atoms with E-state index in [4.69, 9.17) is 15.1 Å². The lowest BCUT2D eigenvalue weighted by Gasteiger charge is -2.24. The Balaban J connectivity index is 1.75. The molecular weight excluding hydrogens is 364 g/mol. The van der Waals surface area contributed by atoms with Crippen LogP contribution in [0.25, 0.3) is 0 Å². The molecule has 3 rings (SSSR count). The van der Waals surface area contributed by atoms with Gasteiger partial charge in [0.1, 0.15) is 17.5 Å². The molecule has 156 valence electrons. The van der Waals surface area contributed by atoms with E-state index in [0.29, 0.717) is 25.2 Å². The van der Waals surface area contributed by atoms with Crippen molar-refractivity contribution in [1.82, 2.24) is 21.3 Å². The molecule has 7 heteroatoms. The van der Waals surface area contributed by atoms with Crippen LogP contribution in [0, 0.1) is 11.3 Å². The summed E-state index contributed by atoms with van der Waals surface area (Å²) in [6, 6.07) is 10.9. The van der Waals surface area contributed by atoms with E-state index in [9.17, 15) is 0 Å². The molecule has 0 aliphatic carbocycles. The number of rotatable bonds is 8. The lowest BCUT2D eigenvalue weighted by Crippen LogP contribution is -2.40. The number of hydrogen-bond donors (Lipinski definition) is 5. The Bertz CT molecular complexity index is 784. The van der Waals surface area contributed by atoms with Gasteiger partial charge in [0.25, 0.3) is 0 Å². The van der Waals surface area contributed by atoms with Crippen LogP contribution in [0.2, 0.25) is 0 Å². The molecule has 1 aromatic rings. The molecule has 2 atom stereocenters. The van der Waals surface area contributed by atoms with Crippen LogP contribution in [0.1, 0.15) is 25.8 Å². The molecule has 29 heavy (non-hydrogen) atoms. The average Bonchev–Trinajstić information content (AvgIpc) is 3.14. The molecule has 1 aromatic carbocycles. The van der Waals surface area contributed by atoms with Crippen molar-refractivity contribution in [3.8, 4) is 0 Å². The van der Waals surface area contributed by atoms with Crippen LogP contribution < -0.4 is 21.3 Å². The summed E-state index contributed by atoms with van der Waals surface area (Å²) in [5.41, 5.74) is 2.08. The number of nitrogens with zero attached hydrogens (tertiary/aromatic N) is 1. The Labute approximate surface area is 173 Å². The maximum atomic E-state index is 7.82. The Kier molecular flexibility index (Phi) is 7.43. The van der Waals surface area contributed by atoms with Crippen molar-refractivity contribution in [2.75, 3.05) is 20.3 Å². The van der Waals surface area contributed by atoms with Crippen molar-refractivity contribution in [3.05, 3.63) is 59.2 Å². The van der Waals surface area contributed by atoms with E-state index in [2.05, 4.69) is 47.2 Å². The van der Waals surface area contributed by atoms with Crippen LogP contribution in [0.15, 0.2) is 58.6 Å². The van der Waals surface area contributed by atoms with Crippen molar-refractivity contribution in [2.45, 2.75) is 38.9 Å². The maximum absolute atomic E-state index is 7.82. The third-order valence-corrected chi connectivity index (χ3v) is 5.08. The van der Waals surface area contributed by atoms with Gasteiger partial charge >= 0.3 is 0 Å². The van der Waals surface area contributed by atoms with Crippen molar-refractivity contribution in [1.29, 1.82) is 5.41 Å². The normalized spacial score (nSPS) is 23.2. The van der Waals surface area contributed by atoms with Gasteiger partial charge in [-0.1, -0.05) is 44.2 Å². The molecule has 2 heterocycles. The Hall–Kier alpha value is -2.64. The number of allylic oxidation sites excluding steroid dienone is 1. The van der Waals surface area contributed by atoms with Gasteiger partial charge in [-0.2, -0.15) is 0 Å². The van der Waals surface area contributed by atoms with E-state index >= 15 is 0 Å². The van der Waals surface area contributed by atoms with Crippen LogP contribution in [0.4, 0.5) is 0 Å². The first kappa shape index (κ1) is 21.1. The van der Waals surface area contributed by atoms with Crippen molar-refractivity contribution in [2.24, 2.45) is 10.9 Å². The lowest BCUT2D eigenvalue weighted by molar-refractivity contribution is 0.173. The SMILES string of the molecule is COC[C@H]1C[C@@H](NC2=N/C(=C(/C=N)C(C)C)NC(NCc3ccccc3)=C2)CN1. The second-order valence-electron chi connectivity index (χ2n) is 7.76. The third kappa shape index (κ3) is 5.92. The van der Waals surface area contributed by atoms with E-state index in [0.717, 1.165) is 36.0 Å². The van der Waals surface area contributed by atoms with Gasteiger partial charge in [0.2, 0.25) is 0 Å². The fourth-order valence-electron chi connectivity index (χ4n) is 3.55. The summed E-state index contributed by atoms with van der Waals surface area (Å²) in [6.07, 6.45) is 4.37. The van der Waals surface area contributed by atoms with Crippen molar-refractivity contribution < 1.29 is 4.74 Å². The molecule has 0 radical (unpaired) electrons. The second-order valence-corrected chi connectivity index (χ2v) is 7.76. The van der Waals surface area contributed by atoms with Gasteiger partial charge in [-0.15, -0.1) is 0 Å². The molecule has 0 aromatic heterocycles. The number of aliphatic imine (C=N–C) groups is 1. The molecule has 0 amide bonds. The molecule has 0 spiro atoms.